The molecular weight excluding hydrogens is 310 g/mol. The van der Waals surface area contributed by atoms with Gasteiger partial charge in [-0.1, -0.05) is 13.8 Å². The molecule has 6 heteroatoms. The summed E-state index contributed by atoms with van der Waals surface area (Å²) in [6, 6.07) is 0.907. The summed E-state index contributed by atoms with van der Waals surface area (Å²) in [6.07, 6.45) is 2.90. The van der Waals surface area contributed by atoms with Crippen LogP contribution in [0.5, 0.6) is 0 Å². The van der Waals surface area contributed by atoms with Gasteiger partial charge in [-0.3, -0.25) is 4.79 Å². The van der Waals surface area contributed by atoms with Gasteiger partial charge in [-0.25, -0.2) is 0 Å². The summed E-state index contributed by atoms with van der Waals surface area (Å²) in [5, 5.41) is 2.98. The Kier molecular flexibility index (Phi) is 14.6. The van der Waals surface area contributed by atoms with Crippen LogP contribution in [0.4, 0.5) is 0 Å². The molecule has 1 N–H and O–H groups in total. The van der Waals surface area contributed by atoms with Gasteiger partial charge in [-0.05, 0) is 60.1 Å². The fourth-order valence-corrected chi connectivity index (χ4v) is 5.23. The van der Waals surface area contributed by atoms with Crippen LogP contribution in [0.2, 0.25) is 12.6 Å². The molecule has 0 spiro atoms. The molecular formula is C17H37NO4Si. The second-order valence-corrected chi connectivity index (χ2v) is 9.65. The van der Waals surface area contributed by atoms with Crippen molar-refractivity contribution in [1.29, 1.82) is 0 Å². The van der Waals surface area contributed by atoms with Gasteiger partial charge in [0.2, 0.25) is 5.91 Å². The van der Waals surface area contributed by atoms with Crippen LogP contribution in [0.15, 0.2) is 0 Å². The summed E-state index contributed by atoms with van der Waals surface area (Å²) in [7, 11) is -2.13. The van der Waals surface area contributed by atoms with E-state index in [9.17, 15) is 4.79 Å². The average Bonchev–Trinajstić information content (AvgIpc) is 2.41. The van der Waals surface area contributed by atoms with E-state index in [0.717, 1.165) is 25.2 Å². The van der Waals surface area contributed by atoms with Crippen LogP contribution in [0.25, 0.3) is 0 Å². The molecule has 0 fully saturated rings. The molecule has 0 radical (unpaired) electrons. The molecule has 0 aliphatic rings. The number of carbonyl (C=O) groups is 2. The molecule has 0 aromatic heterocycles. The number of amides is 1. The maximum atomic E-state index is 11.7. The highest BCUT2D eigenvalue weighted by atomic mass is 28.4. The summed E-state index contributed by atoms with van der Waals surface area (Å²) < 4.78 is 12.1. The Morgan fingerprint density at radius 1 is 1.13 bits per heavy atom. The lowest BCUT2D eigenvalue weighted by atomic mass is 10.1. The van der Waals surface area contributed by atoms with Crippen molar-refractivity contribution in [2.24, 2.45) is 5.92 Å². The minimum Gasteiger partial charge on any atom is -0.392 e. The van der Waals surface area contributed by atoms with Gasteiger partial charge in [0.25, 0.3) is 0 Å². The lowest BCUT2D eigenvalue weighted by Gasteiger charge is -2.31. The van der Waals surface area contributed by atoms with Gasteiger partial charge in [0.05, 0.1) is 0 Å². The molecule has 0 saturated heterocycles. The summed E-state index contributed by atoms with van der Waals surface area (Å²) in [6.45, 7) is 16.4. The van der Waals surface area contributed by atoms with Crippen LogP contribution in [0.1, 0.15) is 61.3 Å². The Bertz CT molecular complexity index is 312. The first-order chi connectivity index (χ1) is 10.6. The number of rotatable bonds is 10. The summed E-state index contributed by atoms with van der Waals surface area (Å²) in [4.78, 5) is 20.5. The molecule has 1 unspecified atom stereocenters. The fraction of sp³-hybridized carbons (Fsp3) is 0.882. The van der Waals surface area contributed by atoms with Crippen LogP contribution < -0.4 is 5.32 Å². The number of carbonyl (C=O) groups excluding carboxylic acids is 2. The van der Waals surface area contributed by atoms with Crippen molar-refractivity contribution in [3.63, 3.8) is 0 Å². The maximum absolute atomic E-state index is 11.7. The number of hydrogen-bond donors (Lipinski definition) is 1. The van der Waals surface area contributed by atoms with E-state index in [1.165, 1.54) is 6.92 Å². The molecule has 0 aromatic carbocycles. The molecule has 5 nitrogen and oxygen atoms in total. The molecule has 0 aliphatic heterocycles. The van der Waals surface area contributed by atoms with Gasteiger partial charge in [0.15, 0.2) is 0 Å². The number of aldehydes is 1. The zero-order chi connectivity index (χ0) is 18.5. The van der Waals surface area contributed by atoms with Crippen LogP contribution in [0, 0.1) is 5.92 Å². The van der Waals surface area contributed by atoms with E-state index >= 15 is 0 Å². The van der Waals surface area contributed by atoms with Crippen LogP contribution >= 0.6 is 0 Å². The third kappa shape index (κ3) is 14.6. The highest BCUT2D eigenvalue weighted by molar-refractivity contribution is 6.66. The molecule has 138 valence electrons. The topological polar surface area (TPSA) is 64.6 Å². The van der Waals surface area contributed by atoms with E-state index in [4.69, 9.17) is 13.6 Å². The molecule has 0 aromatic rings. The molecule has 0 rings (SSSR count). The van der Waals surface area contributed by atoms with Gasteiger partial charge in [0, 0.05) is 24.7 Å². The Hall–Kier alpha value is -0.723. The molecule has 0 heterocycles. The van der Waals surface area contributed by atoms with Crippen molar-refractivity contribution in [1.82, 2.24) is 5.32 Å². The minimum absolute atomic E-state index is 0.0949. The third-order valence-corrected chi connectivity index (χ3v) is 6.34. The van der Waals surface area contributed by atoms with Crippen molar-refractivity contribution in [2.45, 2.75) is 86.1 Å². The van der Waals surface area contributed by atoms with Gasteiger partial charge in [0.1, 0.15) is 6.29 Å². The van der Waals surface area contributed by atoms with Crippen molar-refractivity contribution in [3.05, 3.63) is 0 Å². The standard InChI is InChI=1S/C15H33NO3Si.C2H4O/c1-8-14(6)15(17)16-10-9-11-20(7,18-12(2)3)19-13(4)5;1-2-3/h12-14H,8-11H2,1-7H3,(H,16,17);2H,1H3. The molecule has 1 amide bonds. The normalized spacial score (nSPS) is 12.6. The highest BCUT2D eigenvalue weighted by Gasteiger charge is 2.33. The van der Waals surface area contributed by atoms with Crippen molar-refractivity contribution in [2.75, 3.05) is 6.54 Å². The average molecular weight is 348 g/mol. The minimum atomic E-state index is -2.13. The Balaban J connectivity index is 0. The molecule has 0 saturated carbocycles. The van der Waals surface area contributed by atoms with E-state index in [0.29, 0.717) is 6.54 Å². The fourth-order valence-electron chi connectivity index (χ4n) is 2.12. The highest BCUT2D eigenvalue weighted by Crippen LogP contribution is 2.19. The summed E-state index contributed by atoms with van der Waals surface area (Å²) >= 11 is 0. The quantitative estimate of drug-likeness (QED) is 0.372. The second kappa shape index (κ2) is 13.7. The molecule has 23 heavy (non-hydrogen) atoms. The predicted octanol–water partition coefficient (Wildman–Crippen LogP) is 3.67. The van der Waals surface area contributed by atoms with Gasteiger partial charge < -0.3 is 19.0 Å². The van der Waals surface area contributed by atoms with Gasteiger partial charge >= 0.3 is 8.56 Å². The van der Waals surface area contributed by atoms with Crippen molar-refractivity contribution >= 4 is 20.8 Å². The largest absolute Gasteiger partial charge is 0.392 e. The van der Waals surface area contributed by atoms with Crippen LogP contribution in [-0.2, 0) is 18.4 Å². The van der Waals surface area contributed by atoms with E-state index in [1.54, 1.807) is 0 Å². The maximum Gasteiger partial charge on any atom is 0.335 e. The Morgan fingerprint density at radius 2 is 1.57 bits per heavy atom. The lowest BCUT2D eigenvalue weighted by molar-refractivity contribution is -0.124. The Morgan fingerprint density at radius 3 is 1.91 bits per heavy atom. The molecule has 0 aliphatic carbocycles. The van der Waals surface area contributed by atoms with Gasteiger partial charge in [-0.15, -0.1) is 0 Å². The van der Waals surface area contributed by atoms with Crippen LogP contribution in [0.3, 0.4) is 0 Å². The zero-order valence-corrected chi connectivity index (χ0v) is 17.3. The second-order valence-electron chi connectivity index (χ2n) is 6.41. The summed E-state index contributed by atoms with van der Waals surface area (Å²) in [5.74, 6) is 0.239. The number of nitrogens with one attached hydrogen (secondary N) is 1. The first-order valence-electron chi connectivity index (χ1n) is 8.64. The van der Waals surface area contributed by atoms with E-state index in [1.807, 2.05) is 41.5 Å². The zero-order valence-electron chi connectivity index (χ0n) is 16.3. The van der Waals surface area contributed by atoms with Crippen molar-refractivity contribution < 1.29 is 18.4 Å². The smallest absolute Gasteiger partial charge is 0.335 e. The number of hydrogen-bond acceptors (Lipinski definition) is 4. The van der Waals surface area contributed by atoms with Crippen molar-refractivity contribution in [3.8, 4) is 0 Å². The first kappa shape index (κ1) is 24.5. The molecule has 1 atom stereocenters. The predicted molar refractivity (Wildman–Crippen MR) is 97.7 cm³/mol. The summed E-state index contributed by atoms with van der Waals surface area (Å²) in [5.41, 5.74) is 0. The van der Waals surface area contributed by atoms with E-state index < -0.39 is 8.56 Å². The Labute approximate surface area is 143 Å². The molecule has 0 bridgehead atoms. The van der Waals surface area contributed by atoms with Gasteiger partial charge in [-0.2, -0.15) is 0 Å². The SMILES string of the molecule is CC=O.CCC(C)C(=O)NCCC[Si](C)(OC(C)C)OC(C)C. The van der Waals surface area contributed by atoms with Crippen LogP contribution in [-0.4, -0.2) is 39.5 Å². The lowest BCUT2D eigenvalue weighted by Crippen LogP contribution is -2.43. The monoisotopic (exact) mass is 347 g/mol. The third-order valence-electron chi connectivity index (χ3n) is 3.14. The van der Waals surface area contributed by atoms with E-state index in [2.05, 4.69) is 11.9 Å². The first-order valence-corrected chi connectivity index (χ1v) is 11.2. The van der Waals surface area contributed by atoms with E-state index in [-0.39, 0.29) is 24.0 Å².